The maximum atomic E-state index is 13.0. The van der Waals surface area contributed by atoms with E-state index in [0.717, 1.165) is 57.8 Å². The predicted octanol–water partition coefficient (Wildman–Crippen LogP) is 24.3. The van der Waals surface area contributed by atoms with Crippen molar-refractivity contribution >= 4 is 17.9 Å². The number of unbranched alkanes of at least 4 members (excludes halogenated alkanes) is 53. The van der Waals surface area contributed by atoms with E-state index in [2.05, 4.69) is 62.5 Å². The van der Waals surface area contributed by atoms with E-state index >= 15 is 0 Å². The lowest BCUT2D eigenvalue weighted by Gasteiger charge is -2.26. The minimum atomic E-state index is -1.62. The van der Waals surface area contributed by atoms with Gasteiger partial charge in [0.1, 0.15) is 13.2 Å². The molecule has 540 valence electrons. The van der Waals surface area contributed by atoms with Crippen LogP contribution in [0.25, 0.3) is 0 Å². The summed E-state index contributed by atoms with van der Waals surface area (Å²) in [5.74, 6) is -2.25. The van der Waals surface area contributed by atoms with E-state index in [-0.39, 0.29) is 32.2 Å². The number of carbonyl (C=O) groups is 3. The number of likely N-dealkylation sites (N-methyl/N-ethyl adjacent to an activating group) is 1. The van der Waals surface area contributed by atoms with Gasteiger partial charge in [-0.25, -0.2) is 0 Å². The molecule has 0 saturated carbocycles. The lowest BCUT2D eigenvalue weighted by atomic mass is 10.0. The molecule has 0 bridgehead atoms. The van der Waals surface area contributed by atoms with Crippen molar-refractivity contribution in [2.45, 2.75) is 418 Å². The largest absolute Gasteiger partial charge is 0.545 e. The molecule has 0 aliphatic heterocycles. The Hall–Kier alpha value is -2.75. The van der Waals surface area contributed by atoms with E-state index in [9.17, 15) is 19.5 Å². The topological polar surface area (TPSA) is 111 Å². The lowest BCUT2D eigenvalue weighted by molar-refractivity contribution is -0.870. The molecule has 92 heavy (non-hydrogen) atoms. The van der Waals surface area contributed by atoms with E-state index in [1.165, 1.54) is 315 Å². The molecule has 0 aromatic carbocycles. The summed E-state index contributed by atoms with van der Waals surface area (Å²) < 4.78 is 22.9. The van der Waals surface area contributed by atoms with Gasteiger partial charge in [0.2, 0.25) is 0 Å². The first kappa shape index (κ1) is 89.2. The number of quaternary nitrogens is 1. The Morgan fingerprint density at radius 1 is 0.337 bits per heavy atom. The molecule has 0 aromatic rings. The maximum Gasteiger partial charge on any atom is 0.306 e. The summed E-state index contributed by atoms with van der Waals surface area (Å²) in [6.07, 6.45) is 93.9. The third kappa shape index (κ3) is 74.6. The molecule has 0 aliphatic rings. The summed E-state index contributed by atoms with van der Waals surface area (Å²) in [6.45, 7) is 4.71. The third-order valence-electron chi connectivity index (χ3n) is 18.3. The molecule has 9 heteroatoms. The van der Waals surface area contributed by atoms with Crippen molar-refractivity contribution in [2.24, 2.45) is 0 Å². The Kier molecular flexibility index (Phi) is 71.8. The second-order valence-electron chi connectivity index (χ2n) is 28.7. The van der Waals surface area contributed by atoms with Crippen LogP contribution in [0.3, 0.4) is 0 Å². The smallest absolute Gasteiger partial charge is 0.306 e. The third-order valence-corrected chi connectivity index (χ3v) is 18.3. The first-order chi connectivity index (χ1) is 45.1. The number of hydrogen-bond donors (Lipinski definition) is 0. The molecule has 0 rings (SSSR count). The van der Waals surface area contributed by atoms with Gasteiger partial charge in [0, 0.05) is 12.8 Å². The van der Waals surface area contributed by atoms with Crippen molar-refractivity contribution in [3.63, 3.8) is 0 Å². The summed E-state index contributed by atoms with van der Waals surface area (Å²) in [6, 6.07) is 0. The van der Waals surface area contributed by atoms with Gasteiger partial charge in [-0.15, -0.1) is 0 Å². The van der Waals surface area contributed by atoms with Gasteiger partial charge >= 0.3 is 11.9 Å². The SMILES string of the molecule is CC/C=C\C/C=C\C/C=C\C/C=C\CCCCCCCCCCCCCCCCCCC(=O)OC(COC(=O)CCCCCCCCCCCCCCCCCCCCCCCCCCCCCCCCCCCCCCCC)COC(OCC[N+](C)(C)C)C(=O)[O-]. The van der Waals surface area contributed by atoms with Crippen molar-refractivity contribution < 1.29 is 42.9 Å². The number of ether oxygens (including phenoxy) is 4. The predicted molar refractivity (Wildman–Crippen MR) is 394 cm³/mol. The van der Waals surface area contributed by atoms with Gasteiger partial charge < -0.3 is 33.3 Å². The van der Waals surface area contributed by atoms with Gasteiger partial charge in [-0.05, 0) is 51.4 Å². The Labute approximate surface area is 572 Å². The molecule has 0 aliphatic carbocycles. The number of esters is 2. The normalized spacial score (nSPS) is 12.8. The summed E-state index contributed by atoms with van der Waals surface area (Å²) in [4.78, 5) is 37.6. The molecule has 0 N–H and O–H groups in total. The first-order valence-corrected chi connectivity index (χ1v) is 40.3. The summed E-state index contributed by atoms with van der Waals surface area (Å²) in [7, 11) is 5.95. The maximum absolute atomic E-state index is 13.0. The fraction of sp³-hybridized carbons (Fsp3) is 0.867. The first-order valence-electron chi connectivity index (χ1n) is 40.3. The van der Waals surface area contributed by atoms with Crippen LogP contribution in [0.1, 0.15) is 406 Å². The zero-order valence-electron chi connectivity index (χ0n) is 61.9. The van der Waals surface area contributed by atoms with Gasteiger partial charge in [0.25, 0.3) is 0 Å². The highest BCUT2D eigenvalue weighted by atomic mass is 16.7. The Balaban J connectivity index is 3.94. The summed E-state index contributed by atoms with van der Waals surface area (Å²) in [5, 5.41) is 11.9. The van der Waals surface area contributed by atoms with Crippen LogP contribution in [0.4, 0.5) is 0 Å². The number of nitrogens with zero attached hydrogens (tertiary/aromatic N) is 1. The average molecular weight is 1300 g/mol. The van der Waals surface area contributed by atoms with Gasteiger partial charge in [-0.1, -0.05) is 390 Å². The number of carboxylic acids is 1. The molecule has 0 amide bonds. The quantitative estimate of drug-likeness (QED) is 0.0195. The van der Waals surface area contributed by atoms with Crippen molar-refractivity contribution in [1.82, 2.24) is 0 Å². The van der Waals surface area contributed by atoms with Crippen molar-refractivity contribution in [1.29, 1.82) is 0 Å². The zero-order chi connectivity index (χ0) is 66.8. The van der Waals surface area contributed by atoms with Crippen molar-refractivity contribution in [3.8, 4) is 0 Å². The van der Waals surface area contributed by atoms with E-state index in [1.54, 1.807) is 0 Å². The Morgan fingerprint density at radius 3 is 0.924 bits per heavy atom. The van der Waals surface area contributed by atoms with E-state index in [0.29, 0.717) is 23.9 Å². The fourth-order valence-corrected chi connectivity index (χ4v) is 12.2. The van der Waals surface area contributed by atoms with E-state index < -0.39 is 24.3 Å². The van der Waals surface area contributed by atoms with Crippen LogP contribution in [0.15, 0.2) is 48.6 Å². The minimum Gasteiger partial charge on any atom is -0.545 e. The molecule has 0 spiro atoms. The minimum absolute atomic E-state index is 0.150. The molecule has 2 atom stereocenters. The van der Waals surface area contributed by atoms with E-state index in [4.69, 9.17) is 18.9 Å². The highest BCUT2D eigenvalue weighted by Crippen LogP contribution is 2.20. The second-order valence-corrected chi connectivity index (χ2v) is 28.7. The monoisotopic (exact) mass is 1290 g/mol. The highest BCUT2D eigenvalue weighted by molar-refractivity contribution is 5.70. The molecule has 0 aromatic heterocycles. The zero-order valence-corrected chi connectivity index (χ0v) is 61.9. The second kappa shape index (κ2) is 74.0. The Bertz CT molecular complexity index is 1650. The van der Waals surface area contributed by atoms with Crippen LogP contribution >= 0.6 is 0 Å². The van der Waals surface area contributed by atoms with Crippen LogP contribution < -0.4 is 5.11 Å². The van der Waals surface area contributed by atoms with Gasteiger partial charge in [-0.2, -0.15) is 0 Å². The molecule has 0 fully saturated rings. The van der Waals surface area contributed by atoms with Gasteiger partial charge in [0.15, 0.2) is 12.4 Å². The van der Waals surface area contributed by atoms with Crippen LogP contribution in [-0.4, -0.2) is 82.3 Å². The number of rotatable bonds is 76. The number of hydrogen-bond acceptors (Lipinski definition) is 8. The number of allylic oxidation sites excluding steroid dienone is 8. The Morgan fingerprint density at radius 2 is 0.620 bits per heavy atom. The molecule has 0 saturated heterocycles. The molecule has 9 nitrogen and oxygen atoms in total. The van der Waals surface area contributed by atoms with Gasteiger partial charge in [0.05, 0.1) is 40.3 Å². The number of aliphatic carboxylic acids is 1. The lowest BCUT2D eigenvalue weighted by Crippen LogP contribution is -2.44. The van der Waals surface area contributed by atoms with Crippen LogP contribution in [0.2, 0.25) is 0 Å². The highest BCUT2D eigenvalue weighted by Gasteiger charge is 2.22. The standard InChI is InChI=1S/C83H155NO8/c1-6-8-10-12-14-16-18-20-22-24-26-28-30-32-34-36-37-38-39-40-41-42-43-44-46-47-49-51-53-55-57-59-61-63-65-67-69-71-73-80(85)90-77-79(78-91-83(82(87)88)89-76-75-84(3,4)5)92-81(86)74-72-70-68-66-64-62-60-58-56-54-52-50-48-45-35-33-31-29-27-25-23-21-19-17-15-13-11-9-7-2/h9,11,15,17,21,23,27,29,79,83H,6-8,10,12-14,16,18-20,22,24-26,28,30-78H2,1-5H3/b11-9-,17-15-,23-21-,29-27-. The molecule has 2 unspecified atom stereocenters. The van der Waals surface area contributed by atoms with Crippen LogP contribution in [0, 0.1) is 0 Å². The van der Waals surface area contributed by atoms with Gasteiger partial charge in [-0.3, -0.25) is 9.59 Å². The summed E-state index contributed by atoms with van der Waals surface area (Å²) in [5.41, 5.74) is 0. The van der Waals surface area contributed by atoms with Crippen LogP contribution in [-0.2, 0) is 33.3 Å². The molecular weight excluding hydrogens is 1140 g/mol. The molecular formula is C83H155NO8. The molecule has 0 radical (unpaired) electrons. The fourth-order valence-electron chi connectivity index (χ4n) is 12.2. The average Bonchev–Trinajstić information content (AvgIpc) is 3.75. The van der Waals surface area contributed by atoms with Crippen molar-refractivity contribution in [3.05, 3.63) is 48.6 Å². The van der Waals surface area contributed by atoms with E-state index in [1.807, 2.05) is 21.1 Å². The number of carboxylic acid groups (broad SMARTS) is 1. The number of carbonyl (C=O) groups excluding carboxylic acids is 3. The van der Waals surface area contributed by atoms with Crippen molar-refractivity contribution in [2.75, 3.05) is 47.5 Å². The molecule has 0 heterocycles. The summed E-state index contributed by atoms with van der Waals surface area (Å²) >= 11 is 0. The van der Waals surface area contributed by atoms with Crippen LogP contribution in [0.5, 0.6) is 0 Å².